The van der Waals surface area contributed by atoms with Crippen molar-refractivity contribution in [2.45, 2.75) is 19.8 Å². The molecule has 0 aromatic carbocycles. The van der Waals surface area contributed by atoms with E-state index in [4.69, 9.17) is 15.7 Å². The number of rotatable bonds is 3. The molecule has 0 aliphatic rings. The molecule has 0 saturated carbocycles. The normalized spacial score (nSPS) is 11.6. The van der Waals surface area contributed by atoms with E-state index in [1.54, 1.807) is 19.9 Å². The molecule has 0 saturated heterocycles. The Morgan fingerprint density at radius 3 is 3.00 bits per heavy atom. The van der Waals surface area contributed by atoms with Crippen molar-refractivity contribution in [1.29, 1.82) is 5.26 Å². The van der Waals surface area contributed by atoms with Crippen LogP contribution in [0.5, 0.6) is 0 Å². The number of pyridine rings is 1. The van der Waals surface area contributed by atoms with Crippen LogP contribution in [0.4, 0.5) is 5.69 Å². The molecule has 5 nitrogen and oxygen atoms in total. The van der Waals surface area contributed by atoms with Crippen LogP contribution < -0.4 is 5.73 Å². The second kappa shape index (κ2) is 5.12. The number of aromatic nitrogens is 1. The van der Waals surface area contributed by atoms with E-state index in [-0.39, 0.29) is 12.3 Å². The molecule has 0 radical (unpaired) electrons. The molecule has 84 valence electrons. The third-order valence-corrected chi connectivity index (χ3v) is 2.16. The molecule has 1 aromatic heterocycles. The van der Waals surface area contributed by atoms with E-state index in [1.165, 1.54) is 6.20 Å². The van der Waals surface area contributed by atoms with Crippen molar-refractivity contribution in [2.75, 3.05) is 12.3 Å². The molecule has 0 unspecified atom stereocenters. The number of aryl methyl sites for hydroxylation is 1. The highest BCUT2D eigenvalue weighted by atomic mass is 16.5. The number of esters is 1. The highest BCUT2D eigenvalue weighted by Gasteiger charge is 2.25. The van der Waals surface area contributed by atoms with Gasteiger partial charge in [0.25, 0.3) is 0 Å². The van der Waals surface area contributed by atoms with Crippen LogP contribution in [0.3, 0.4) is 0 Å². The summed E-state index contributed by atoms with van der Waals surface area (Å²) < 4.78 is 4.79. The fourth-order valence-corrected chi connectivity index (χ4v) is 1.27. The number of ether oxygens (including phenoxy) is 1. The number of carbonyl (C=O) groups is 1. The van der Waals surface area contributed by atoms with E-state index in [9.17, 15) is 4.79 Å². The van der Waals surface area contributed by atoms with Crippen molar-refractivity contribution in [1.82, 2.24) is 4.98 Å². The Morgan fingerprint density at radius 1 is 1.75 bits per heavy atom. The van der Waals surface area contributed by atoms with Gasteiger partial charge in [0.1, 0.15) is 0 Å². The molecule has 5 heteroatoms. The molecule has 0 amide bonds. The SMILES string of the molecule is CCOC(=O)[C@@H](C#N)c1nccc(C)c1N. The lowest BCUT2D eigenvalue weighted by Gasteiger charge is -2.11. The van der Waals surface area contributed by atoms with Crippen LogP contribution in [-0.2, 0) is 9.53 Å². The van der Waals surface area contributed by atoms with Gasteiger partial charge in [-0.1, -0.05) is 0 Å². The number of nitriles is 1. The molecule has 0 fully saturated rings. The second-order valence-electron chi connectivity index (χ2n) is 3.24. The average molecular weight is 219 g/mol. The highest BCUT2D eigenvalue weighted by Crippen LogP contribution is 2.23. The first kappa shape index (κ1) is 12.0. The monoisotopic (exact) mass is 219 g/mol. The summed E-state index contributed by atoms with van der Waals surface area (Å²) in [6.07, 6.45) is 1.52. The molecule has 16 heavy (non-hydrogen) atoms. The number of hydrogen-bond acceptors (Lipinski definition) is 5. The van der Waals surface area contributed by atoms with Crippen LogP contribution in [0.2, 0.25) is 0 Å². The maximum Gasteiger partial charge on any atom is 0.329 e. The third kappa shape index (κ3) is 2.28. The summed E-state index contributed by atoms with van der Waals surface area (Å²) in [5.41, 5.74) is 7.19. The first-order chi connectivity index (χ1) is 7.61. The fraction of sp³-hybridized carbons (Fsp3) is 0.364. The predicted octanol–water partition coefficient (Wildman–Crippen LogP) is 1.14. The molecule has 0 bridgehead atoms. The lowest BCUT2D eigenvalue weighted by Crippen LogP contribution is -2.17. The van der Waals surface area contributed by atoms with Gasteiger partial charge in [-0.2, -0.15) is 5.26 Å². The Hall–Kier alpha value is -2.09. The molecule has 1 aromatic rings. The average Bonchev–Trinajstić information content (AvgIpc) is 2.25. The molecule has 0 aliphatic carbocycles. The van der Waals surface area contributed by atoms with Gasteiger partial charge >= 0.3 is 5.97 Å². The third-order valence-electron chi connectivity index (χ3n) is 2.16. The molecule has 2 N–H and O–H groups in total. The van der Waals surface area contributed by atoms with Crippen molar-refractivity contribution >= 4 is 11.7 Å². The number of nitrogens with zero attached hydrogens (tertiary/aromatic N) is 2. The van der Waals surface area contributed by atoms with Crippen molar-refractivity contribution in [3.05, 3.63) is 23.5 Å². The zero-order valence-electron chi connectivity index (χ0n) is 9.23. The minimum absolute atomic E-state index is 0.225. The summed E-state index contributed by atoms with van der Waals surface area (Å²) in [4.78, 5) is 15.5. The van der Waals surface area contributed by atoms with Gasteiger partial charge in [0.15, 0.2) is 5.92 Å². The van der Waals surface area contributed by atoms with Gasteiger partial charge in [0.2, 0.25) is 0 Å². The minimum Gasteiger partial charge on any atom is -0.465 e. The predicted molar refractivity (Wildman–Crippen MR) is 58.4 cm³/mol. The van der Waals surface area contributed by atoms with E-state index in [0.717, 1.165) is 5.56 Å². The van der Waals surface area contributed by atoms with Crippen LogP contribution in [0.1, 0.15) is 24.1 Å². The molecule has 1 heterocycles. The maximum absolute atomic E-state index is 11.5. The summed E-state index contributed by atoms with van der Waals surface area (Å²) in [6.45, 7) is 3.70. The summed E-state index contributed by atoms with van der Waals surface area (Å²) in [6, 6.07) is 3.57. The Bertz CT molecular complexity index is 437. The number of anilines is 1. The zero-order valence-corrected chi connectivity index (χ0v) is 9.23. The smallest absolute Gasteiger partial charge is 0.329 e. The summed E-state index contributed by atoms with van der Waals surface area (Å²) in [7, 11) is 0. The number of nitrogens with two attached hydrogens (primary N) is 1. The van der Waals surface area contributed by atoms with Crippen LogP contribution >= 0.6 is 0 Å². The molecular weight excluding hydrogens is 206 g/mol. The van der Waals surface area contributed by atoms with Crippen molar-refractivity contribution in [2.24, 2.45) is 0 Å². The Balaban J connectivity index is 3.10. The lowest BCUT2D eigenvalue weighted by atomic mass is 10.0. The van der Waals surface area contributed by atoms with Gasteiger partial charge in [-0.05, 0) is 25.5 Å². The van der Waals surface area contributed by atoms with E-state index in [0.29, 0.717) is 5.69 Å². The number of hydrogen-bond donors (Lipinski definition) is 1. The van der Waals surface area contributed by atoms with E-state index in [2.05, 4.69) is 4.98 Å². The zero-order chi connectivity index (χ0) is 12.1. The molecule has 1 rings (SSSR count). The molecule has 1 atom stereocenters. The van der Waals surface area contributed by atoms with Crippen molar-refractivity contribution in [3.8, 4) is 6.07 Å². The summed E-state index contributed by atoms with van der Waals surface area (Å²) in [5.74, 6) is -1.67. The highest BCUT2D eigenvalue weighted by molar-refractivity contribution is 5.82. The Morgan fingerprint density at radius 2 is 2.44 bits per heavy atom. The standard InChI is InChI=1S/C11H13N3O2/c1-3-16-11(15)8(6-12)10-9(13)7(2)4-5-14-10/h4-5,8H,3,13H2,1-2H3/t8-/m0/s1. The first-order valence-electron chi connectivity index (χ1n) is 4.89. The van der Waals surface area contributed by atoms with Crippen LogP contribution in [0, 0.1) is 18.3 Å². The molecular formula is C11H13N3O2. The second-order valence-corrected chi connectivity index (χ2v) is 3.24. The van der Waals surface area contributed by atoms with E-state index >= 15 is 0 Å². The fourth-order valence-electron chi connectivity index (χ4n) is 1.27. The van der Waals surface area contributed by atoms with Gasteiger partial charge in [0.05, 0.1) is 24.1 Å². The Labute approximate surface area is 93.8 Å². The van der Waals surface area contributed by atoms with Gasteiger partial charge in [0, 0.05) is 6.20 Å². The van der Waals surface area contributed by atoms with Crippen LogP contribution in [0.15, 0.2) is 12.3 Å². The van der Waals surface area contributed by atoms with Crippen LogP contribution in [0.25, 0.3) is 0 Å². The number of carbonyl (C=O) groups excluding carboxylic acids is 1. The van der Waals surface area contributed by atoms with Crippen molar-refractivity contribution < 1.29 is 9.53 Å². The van der Waals surface area contributed by atoms with Crippen LogP contribution in [-0.4, -0.2) is 17.6 Å². The maximum atomic E-state index is 11.5. The first-order valence-corrected chi connectivity index (χ1v) is 4.89. The molecule has 0 aliphatic heterocycles. The van der Waals surface area contributed by atoms with Gasteiger partial charge in [-0.15, -0.1) is 0 Å². The Kier molecular flexibility index (Phi) is 3.84. The van der Waals surface area contributed by atoms with Gasteiger partial charge < -0.3 is 10.5 Å². The molecule has 0 spiro atoms. The van der Waals surface area contributed by atoms with Crippen molar-refractivity contribution in [3.63, 3.8) is 0 Å². The largest absolute Gasteiger partial charge is 0.465 e. The van der Waals surface area contributed by atoms with Gasteiger partial charge in [-0.25, -0.2) is 0 Å². The number of nitrogen functional groups attached to an aromatic ring is 1. The summed E-state index contributed by atoms with van der Waals surface area (Å²) >= 11 is 0. The minimum atomic E-state index is -1.06. The lowest BCUT2D eigenvalue weighted by molar-refractivity contribution is -0.143. The quantitative estimate of drug-likeness (QED) is 0.770. The van der Waals surface area contributed by atoms with Gasteiger partial charge in [-0.3, -0.25) is 9.78 Å². The van der Waals surface area contributed by atoms with E-state index in [1.807, 2.05) is 6.07 Å². The van der Waals surface area contributed by atoms with E-state index < -0.39 is 11.9 Å². The summed E-state index contributed by atoms with van der Waals surface area (Å²) in [5, 5.41) is 8.95. The topological polar surface area (TPSA) is 89.0 Å².